The molecule has 0 fully saturated rings. The number of likely N-dealkylation sites (N-methyl/N-ethyl adjacent to an activating group) is 1. The third kappa shape index (κ3) is 5.75. The average molecular weight is 401 g/mol. The van der Waals surface area contributed by atoms with Crippen molar-refractivity contribution in [1.82, 2.24) is 15.2 Å². The van der Waals surface area contributed by atoms with Gasteiger partial charge in [-0.15, -0.1) is 11.3 Å². The Bertz CT molecular complexity index is 752. The molecular weight excluding hydrogens is 379 g/mol. The number of hydrogen-bond acceptors (Lipinski definition) is 5. The zero-order valence-electron chi connectivity index (χ0n) is 15.1. The van der Waals surface area contributed by atoms with Gasteiger partial charge < -0.3 is 15.3 Å². The number of halogens is 3. The van der Waals surface area contributed by atoms with Crippen LogP contribution in [0.4, 0.5) is 13.2 Å². The molecule has 9 heteroatoms. The van der Waals surface area contributed by atoms with E-state index in [0.717, 1.165) is 5.56 Å². The summed E-state index contributed by atoms with van der Waals surface area (Å²) in [5, 5.41) is 13.5. The Balaban J connectivity index is 1.89. The number of benzene rings is 1. The molecule has 0 radical (unpaired) electrons. The number of nitrogens with one attached hydrogen (secondary N) is 1. The Morgan fingerprint density at radius 2 is 1.96 bits per heavy atom. The van der Waals surface area contributed by atoms with Crippen molar-refractivity contribution >= 4 is 17.2 Å². The highest BCUT2D eigenvalue weighted by molar-refractivity contribution is 7.09. The predicted octanol–water partition coefficient (Wildman–Crippen LogP) is 2.84. The van der Waals surface area contributed by atoms with Crippen LogP contribution in [0.15, 0.2) is 35.7 Å². The quantitative estimate of drug-likeness (QED) is 0.714. The maximum absolute atomic E-state index is 13.4. The van der Waals surface area contributed by atoms with Crippen LogP contribution in [-0.4, -0.2) is 47.2 Å². The van der Waals surface area contributed by atoms with Gasteiger partial charge in [0.25, 0.3) is 0 Å². The Hall–Kier alpha value is -1.97. The van der Waals surface area contributed by atoms with Gasteiger partial charge in [-0.1, -0.05) is 30.3 Å². The van der Waals surface area contributed by atoms with Gasteiger partial charge in [-0.2, -0.15) is 13.2 Å². The van der Waals surface area contributed by atoms with Crippen molar-refractivity contribution in [3.63, 3.8) is 0 Å². The molecule has 0 bridgehead atoms. The topological polar surface area (TPSA) is 65.5 Å². The van der Waals surface area contributed by atoms with Crippen molar-refractivity contribution < 1.29 is 23.1 Å². The van der Waals surface area contributed by atoms with E-state index in [9.17, 15) is 23.1 Å². The first-order valence-corrected chi connectivity index (χ1v) is 9.20. The van der Waals surface area contributed by atoms with Gasteiger partial charge in [-0.25, -0.2) is 4.98 Å². The number of aliphatic hydroxyl groups is 1. The van der Waals surface area contributed by atoms with Crippen molar-refractivity contribution in [1.29, 1.82) is 0 Å². The second-order valence-electron chi connectivity index (χ2n) is 6.40. The van der Waals surface area contributed by atoms with E-state index in [0.29, 0.717) is 30.1 Å². The van der Waals surface area contributed by atoms with Crippen molar-refractivity contribution in [2.24, 2.45) is 0 Å². The van der Waals surface area contributed by atoms with E-state index < -0.39 is 29.1 Å². The minimum Gasteiger partial charge on any atom is -0.374 e. The van der Waals surface area contributed by atoms with Crippen LogP contribution in [0.1, 0.15) is 22.7 Å². The van der Waals surface area contributed by atoms with Gasteiger partial charge >= 0.3 is 6.18 Å². The number of alkyl halides is 3. The Morgan fingerprint density at radius 3 is 2.52 bits per heavy atom. The van der Waals surface area contributed by atoms with Crippen molar-refractivity contribution in [3.8, 4) is 0 Å². The lowest BCUT2D eigenvalue weighted by molar-refractivity contribution is -0.267. The minimum atomic E-state index is -5.00. The number of rotatable bonds is 8. The SMILES string of the molecule is Cc1csc(C(O)(CC(=O)NCCN(C)Cc2ccccc2)C(F)(F)F)n1. The lowest BCUT2D eigenvalue weighted by Gasteiger charge is -2.28. The van der Waals surface area contributed by atoms with Crippen LogP contribution in [0.25, 0.3) is 0 Å². The van der Waals surface area contributed by atoms with E-state index in [1.807, 2.05) is 42.3 Å². The molecule has 1 amide bonds. The average Bonchev–Trinajstić information content (AvgIpc) is 3.01. The minimum absolute atomic E-state index is 0.174. The number of carbonyl (C=O) groups is 1. The smallest absolute Gasteiger partial charge is 0.374 e. The van der Waals surface area contributed by atoms with Gasteiger partial charge in [0.05, 0.1) is 6.42 Å². The molecule has 1 aromatic carbocycles. The molecule has 2 rings (SSSR count). The standard InChI is InChI=1S/C18H22F3N3O2S/c1-13-12-27-16(23-13)17(26,18(19,20)21)10-15(25)22-8-9-24(2)11-14-6-4-3-5-7-14/h3-7,12,26H,8-11H2,1-2H3,(H,22,25). The van der Waals surface area contributed by atoms with Gasteiger partial charge in [0.1, 0.15) is 5.01 Å². The number of carbonyl (C=O) groups excluding carboxylic acids is 1. The van der Waals surface area contributed by atoms with Gasteiger partial charge in [0.2, 0.25) is 11.5 Å². The molecule has 148 valence electrons. The first-order chi connectivity index (χ1) is 12.6. The summed E-state index contributed by atoms with van der Waals surface area (Å²) in [4.78, 5) is 17.7. The molecule has 1 aromatic heterocycles. The monoisotopic (exact) mass is 401 g/mol. The lowest BCUT2D eigenvalue weighted by Crippen LogP contribution is -2.46. The van der Waals surface area contributed by atoms with Crippen LogP contribution in [-0.2, 0) is 16.9 Å². The summed E-state index contributed by atoms with van der Waals surface area (Å²) < 4.78 is 40.1. The Morgan fingerprint density at radius 1 is 1.30 bits per heavy atom. The number of amides is 1. The van der Waals surface area contributed by atoms with Crippen LogP contribution < -0.4 is 5.32 Å². The van der Waals surface area contributed by atoms with E-state index in [1.54, 1.807) is 0 Å². The molecule has 1 unspecified atom stereocenters. The van der Waals surface area contributed by atoms with Gasteiger partial charge in [0, 0.05) is 30.7 Å². The highest BCUT2D eigenvalue weighted by Gasteiger charge is 2.58. The lowest BCUT2D eigenvalue weighted by atomic mass is 9.99. The summed E-state index contributed by atoms with van der Waals surface area (Å²) in [6.07, 6.45) is -6.12. The van der Waals surface area contributed by atoms with Crippen molar-refractivity contribution in [2.75, 3.05) is 20.1 Å². The van der Waals surface area contributed by atoms with Gasteiger partial charge in [-0.3, -0.25) is 4.79 Å². The fraction of sp³-hybridized carbons (Fsp3) is 0.444. The van der Waals surface area contributed by atoms with Crippen LogP contribution >= 0.6 is 11.3 Å². The van der Waals surface area contributed by atoms with Crippen LogP contribution in [0.3, 0.4) is 0 Å². The number of hydrogen-bond donors (Lipinski definition) is 2. The Kier molecular flexibility index (Phi) is 6.96. The van der Waals surface area contributed by atoms with Crippen molar-refractivity contribution in [2.45, 2.75) is 31.7 Å². The molecule has 0 saturated heterocycles. The molecule has 2 N–H and O–H groups in total. The molecule has 1 atom stereocenters. The largest absolute Gasteiger partial charge is 0.424 e. The highest BCUT2D eigenvalue weighted by Crippen LogP contribution is 2.42. The summed E-state index contributed by atoms with van der Waals surface area (Å²) in [6, 6.07) is 9.69. The highest BCUT2D eigenvalue weighted by atomic mass is 32.1. The third-order valence-electron chi connectivity index (χ3n) is 3.97. The number of aromatic nitrogens is 1. The fourth-order valence-electron chi connectivity index (χ4n) is 2.50. The normalized spacial score (nSPS) is 14.2. The van der Waals surface area contributed by atoms with Crippen LogP contribution in [0, 0.1) is 6.92 Å². The molecular formula is C18H22F3N3O2S. The first kappa shape index (κ1) is 21.3. The second-order valence-corrected chi connectivity index (χ2v) is 7.26. The molecule has 0 aliphatic rings. The molecule has 0 aliphatic heterocycles. The third-order valence-corrected chi connectivity index (χ3v) is 5.08. The molecule has 0 aliphatic carbocycles. The molecule has 27 heavy (non-hydrogen) atoms. The van der Waals surface area contributed by atoms with Gasteiger partial charge in [-0.05, 0) is 19.5 Å². The second kappa shape index (κ2) is 8.81. The van der Waals surface area contributed by atoms with E-state index in [1.165, 1.54) is 12.3 Å². The van der Waals surface area contributed by atoms with E-state index in [2.05, 4.69) is 10.3 Å². The predicted molar refractivity (Wildman–Crippen MR) is 97.2 cm³/mol. The first-order valence-electron chi connectivity index (χ1n) is 8.32. The number of aryl methyl sites for hydroxylation is 1. The zero-order valence-corrected chi connectivity index (χ0v) is 15.9. The number of thiazole rings is 1. The van der Waals surface area contributed by atoms with E-state index in [-0.39, 0.29) is 6.54 Å². The number of nitrogens with zero attached hydrogens (tertiary/aromatic N) is 2. The van der Waals surface area contributed by atoms with Crippen LogP contribution in [0.2, 0.25) is 0 Å². The van der Waals surface area contributed by atoms with Crippen molar-refractivity contribution in [3.05, 3.63) is 52.0 Å². The van der Waals surface area contributed by atoms with Gasteiger partial charge in [0.15, 0.2) is 0 Å². The van der Waals surface area contributed by atoms with E-state index >= 15 is 0 Å². The fourth-order valence-corrected chi connectivity index (χ4v) is 3.41. The maximum atomic E-state index is 13.4. The molecule has 2 aromatic rings. The summed E-state index contributed by atoms with van der Waals surface area (Å²) in [5.41, 5.74) is -1.83. The molecule has 5 nitrogen and oxygen atoms in total. The molecule has 0 saturated carbocycles. The summed E-state index contributed by atoms with van der Waals surface area (Å²) in [6.45, 7) is 2.81. The molecule has 0 spiro atoms. The van der Waals surface area contributed by atoms with E-state index in [4.69, 9.17) is 0 Å². The zero-order chi connectivity index (χ0) is 20.1. The summed E-state index contributed by atoms with van der Waals surface area (Å²) in [5.74, 6) is -0.879. The van der Waals surface area contributed by atoms with Crippen LogP contribution in [0.5, 0.6) is 0 Å². The molecule has 1 heterocycles. The Labute approximate surface area is 159 Å². The summed E-state index contributed by atoms with van der Waals surface area (Å²) >= 11 is 0.686. The summed E-state index contributed by atoms with van der Waals surface area (Å²) in [7, 11) is 1.85. The maximum Gasteiger partial charge on any atom is 0.424 e.